The van der Waals surface area contributed by atoms with Crippen molar-refractivity contribution in [3.8, 4) is 6.07 Å². The van der Waals surface area contributed by atoms with Gasteiger partial charge in [-0.3, -0.25) is 9.59 Å². The Labute approximate surface area is 95.2 Å². The monoisotopic (exact) mass is 223 g/mol. The number of nitriles is 1. The fourth-order valence-corrected chi connectivity index (χ4v) is 1.32. The molecule has 1 atom stereocenters. The average Bonchev–Trinajstić information content (AvgIpc) is 2.96. The molecular weight excluding hydrogens is 206 g/mol. The van der Waals surface area contributed by atoms with Gasteiger partial charge in [0.15, 0.2) is 0 Å². The second-order valence-corrected chi connectivity index (χ2v) is 4.55. The molecule has 0 aliphatic heterocycles. The summed E-state index contributed by atoms with van der Waals surface area (Å²) in [5.74, 6) is -0.557. The fraction of sp³-hybridized carbons (Fsp3) is 0.727. The molecule has 2 N–H and O–H groups in total. The molecule has 1 fully saturated rings. The Hall–Kier alpha value is -1.57. The zero-order valence-corrected chi connectivity index (χ0v) is 9.83. The van der Waals surface area contributed by atoms with E-state index >= 15 is 0 Å². The molecule has 0 bridgehead atoms. The first kappa shape index (κ1) is 12.5. The standard InChI is InChI=1S/C11H17N3O2/c1-7(2)13-9(15)8(3)14-10(16)11(6-12)4-5-11/h7-8H,4-5H2,1-3H3,(H,13,15)(H,14,16). The molecule has 0 aromatic rings. The van der Waals surface area contributed by atoms with Crippen molar-refractivity contribution in [3.05, 3.63) is 0 Å². The maximum absolute atomic E-state index is 11.6. The van der Waals surface area contributed by atoms with E-state index in [-0.39, 0.29) is 17.9 Å². The van der Waals surface area contributed by atoms with Crippen molar-refractivity contribution >= 4 is 11.8 Å². The summed E-state index contributed by atoms with van der Waals surface area (Å²) < 4.78 is 0. The van der Waals surface area contributed by atoms with E-state index in [2.05, 4.69) is 10.6 Å². The predicted molar refractivity (Wildman–Crippen MR) is 58.2 cm³/mol. The van der Waals surface area contributed by atoms with Crippen LogP contribution in [0.4, 0.5) is 0 Å². The zero-order valence-electron chi connectivity index (χ0n) is 9.83. The topological polar surface area (TPSA) is 82.0 Å². The number of nitrogens with zero attached hydrogens (tertiary/aromatic N) is 1. The van der Waals surface area contributed by atoms with Gasteiger partial charge in [0.25, 0.3) is 0 Å². The zero-order chi connectivity index (χ0) is 12.3. The van der Waals surface area contributed by atoms with Gasteiger partial charge in [-0.2, -0.15) is 5.26 Å². The van der Waals surface area contributed by atoms with Crippen molar-refractivity contribution in [2.24, 2.45) is 5.41 Å². The Morgan fingerprint density at radius 2 is 1.81 bits per heavy atom. The molecule has 0 heterocycles. The highest BCUT2D eigenvalue weighted by molar-refractivity contribution is 5.92. The molecule has 0 aromatic carbocycles. The molecule has 0 spiro atoms. The fourth-order valence-electron chi connectivity index (χ4n) is 1.32. The number of carbonyl (C=O) groups is 2. The molecule has 16 heavy (non-hydrogen) atoms. The summed E-state index contributed by atoms with van der Waals surface area (Å²) >= 11 is 0. The summed E-state index contributed by atoms with van der Waals surface area (Å²) in [6, 6.07) is 1.44. The predicted octanol–water partition coefficient (Wildman–Crippen LogP) is 0.319. The van der Waals surface area contributed by atoms with Gasteiger partial charge in [-0.15, -0.1) is 0 Å². The molecule has 1 aliphatic rings. The van der Waals surface area contributed by atoms with E-state index in [9.17, 15) is 9.59 Å². The lowest BCUT2D eigenvalue weighted by Crippen LogP contribution is -2.48. The van der Waals surface area contributed by atoms with Crippen LogP contribution in [0.3, 0.4) is 0 Å². The first-order valence-corrected chi connectivity index (χ1v) is 5.44. The lowest BCUT2D eigenvalue weighted by Gasteiger charge is -2.17. The summed E-state index contributed by atoms with van der Waals surface area (Å²) in [5.41, 5.74) is -0.869. The van der Waals surface area contributed by atoms with E-state index in [1.54, 1.807) is 6.92 Å². The van der Waals surface area contributed by atoms with Gasteiger partial charge in [-0.1, -0.05) is 0 Å². The van der Waals surface area contributed by atoms with Gasteiger partial charge in [-0.25, -0.2) is 0 Å². The Morgan fingerprint density at radius 1 is 1.25 bits per heavy atom. The first-order chi connectivity index (χ1) is 7.41. The molecule has 88 valence electrons. The van der Waals surface area contributed by atoms with Crippen LogP contribution in [-0.2, 0) is 9.59 Å². The number of hydrogen-bond donors (Lipinski definition) is 2. The lowest BCUT2D eigenvalue weighted by atomic mass is 10.1. The van der Waals surface area contributed by atoms with Crippen LogP contribution in [0.15, 0.2) is 0 Å². The van der Waals surface area contributed by atoms with Gasteiger partial charge in [-0.05, 0) is 33.6 Å². The Morgan fingerprint density at radius 3 is 2.19 bits per heavy atom. The minimum Gasteiger partial charge on any atom is -0.352 e. The van der Waals surface area contributed by atoms with E-state index in [4.69, 9.17) is 5.26 Å². The molecule has 1 rings (SSSR count). The largest absolute Gasteiger partial charge is 0.352 e. The van der Waals surface area contributed by atoms with Gasteiger partial charge in [0.2, 0.25) is 11.8 Å². The molecule has 0 saturated heterocycles. The van der Waals surface area contributed by atoms with Crippen molar-refractivity contribution < 1.29 is 9.59 Å². The van der Waals surface area contributed by atoms with Crippen molar-refractivity contribution in [2.45, 2.75) is 45.7 Å². The van der Waals surface area contributed by atoms with E-state index in [1.165, 1.54) is 0 Å². The van der Waals surface area contributed by atoms with E-state index in [0.29, 0.717) is 12.8 Å². The highest BCUT2D eigenvalue weighted by Crippen LogP contribution is 2.45. The maximum Gasteiger partial charge on any atom is 0.242 e. The van der Waals surface area contributed by atoms with Gasteiger partial charge < -0.3 is 10.6 Å². The van der Waals surface area contributed by atoms with Crippen LogP contribution in [0.5, 0.6) is 0 Å². The molecule has 2 amide bonds. The van der Waals surface area contributed by atoms with Crippen molar-refractivity contribution in [2.75, 3.05) is 0 Å². The number of rotatable bonds is 4. The van der Waals surface area contributed by atoms with Crippen LogP contribution in [0.1, 0.15) is 33.6 Å². The summed E-state index contributed by atoms with van der Waals surface area (Å²) in [6.07, 6.45) is 1.18. The normalized spacial score (nSPS) is 18.4. The molecular formula is C11H17N3O2. The van der Waals surface area contributed by atoms with Gasteiger partial charge in [0, 0.05) is 6.04 Å². The summed E-state index contributed by atoms with van der Waals surface area (Å²) in [7, 11) is 0. The number of carbonyl (C=O) groups excluding carboxylic acids is 2. The summed E-state index contributed by atoms with van der Waals surface area (Å²) in [6.45, 7) is 5.32. The van der Waals surface area contributed by atoms with Crippen LogP contribution in [0.25, 0.3) is 0 Å². The first-order valence-electron chi connectivity index (χ1n) is 5.44. The lowest BCUT2D eigenvalue weighted by molar-refractivity contribution is -0.130. The van der Waals surface area contributed by atoms with Gasteiger partial charge in [0.1, 0.15) is 11.5 Å². The third-order valence-electron chi connectivity index (χ3n) is 2.57. The molecule has 1 aliphatic carbocycles. The molecule has 5 nitrogen and oxygen atoms in total. The molecule has 5 heteroatoms. The third-order valence-corrected chi connectivity index (χ3v) is 2.57. The molecule has 1 unspecified atom stereocenters. The molecule has 1 saturated carbocycles. The van der Waals surface area contributed by atoms with Crippen molar-refractivity contribution in [1.29, 1.82) is 5.26 Å². The molecule has 0 aromatic heterocycles. The van der Waals surface area contributed by atoms with Crippen LogP contribution in [-0.4, -0.2) is 23.9 Å². The summed E-state index contributed by atoms with van der Waals surface area (Å²) in [4.78, 5) is 23.2. The quantitative estimate of drug-likeness (QED) is 0.720. The number of amides is 2. The van der Waals surface area contributed by atoms with E-state index in [1.807, 2.05) is 19.9 Å². The third kappa shape index (κ3) is 2.72. The number of hydrogen-bond acceptors (Lipinski definition) is 3. The smallest absolute Gasteiger partial charge is 0.242 e. The second kappa shape index (κ2) is 4.52. The number of nitrogens with one attached hydrogen (secondary N) is 2. The van der Waals surface area contributed by atoms with Crippen LogP contribution >= 0.6 is 0 Å². The van der Waals surface area contributed by atoms with E-state index in [0.717, 1.165) is 0 Å². The Balaban J connectivity index is 2.46. The van der Waals surface area contributed by atoms with Crippen molar-refractivity contribution in [1.82, 2.24) is 10.6 Å². The van der Waals surface area contributed by atoms with Crippen LogP contribution in [0, 0.1) is 16.7 Å². The summed E-state index contributed by atoms with van der Waals surface area (Å²) in [5, 5.41) is 14.1. The van der Waals surface area contributed by atoms with Crippen LogP contribution in [0.2, 0.25) is 0 Å². The average molecular weight is 223 g/mol. The molecule has 0 radical (unpaired) electrons. The minimum atomic E-state index is -0.869. The minimum absolute atomic E-state index is 0.0395. The second-order valence-electron chi connectivity index (χ2n) is 4.55. The SMILES string of the molecule is CC(C)NC(=O)C(C)NC(=O)C1(C#N)CC1. The van der Waals surface area contributed by atoms with Gasteiger partial charge in [0.05, 0.1) is 6.07 Å². The Bertz CT molecular complexity index is 340. The van der Waals surface area contributed by atoms with Crippen LogP contribution < -0.4 is 10.6 Å². The highest BCUT2D eigenvalue weighted by atomic mass is 16.2. The van der Waals surface area contributed by atoms with E-state index < -0.39 is 11.5 Å². The van der Waals surface area contributed by atoms with Crippen molar-refractivity contribution in [3.63, 3.8) is 0 Å². The van der Waals surface area contributed by atoms with Gasteiger partial charge >= 0.3 is 0 Å². The maximum atomic E-state index is 11.6. The Kier molecular flexibility index (Phi) is 3.53. The highest BCUT2D eigenvalue weighted by Gasteiger charge is 2.51.